The van der Waals surface area contributed by atoms with E-state index in [1.165, 1.54) is 0 Å². The summed E-state index contributed by atoms with van der Waals surface area (Å²) in [5, 5.41) is 0. The minimum Gasteiger partial charge on any atom is -0.457 e. The molecule has 0 spiro atoms. The summed E-state index contributed by atoms with van der Waals surface area (Å²) < 4.78 is 11.3. The van der Waals surface area contributed by atoms with Crippen LogP contribution in [0.1, 0.15) is 79.6 Å². The second-order valence-corrected chi connectivity index (χ2v) is 12.8. The van der Waals surface area contributed by atoms with Gasteiger partial charge in [0.2, 0.25) is 5.78 Å². The zero-order valence-electron chi connectivity index (χ0n) is 21.9. The van der Waals surface area contributed by atoms with Gasteiger partial charge < -0.3 is 9.47 Å². The molecular weight excluding hydrogens is 528 g/mol. The van der Waals surface area contributed by atoms with Crippen molar-refractivity contribution in [1.29, 1.82) is 0 Å². The van der Waals surface area contributed by atoms with Gasteiger partial charge in [-0.1, -0.05) is 56.1 Å². The number of rotatable bonds is 6. The van der Waals surface area contributed by atoms with Crippen LogP contribution in [0.15, 0.2) is 11.6 Å². The van der Waals surface area contributed by atoms with Crippen LogP contribution in [-0.2, 0) is 33.4 Å². The van der Waals surface area contributed by atoms with Crippen LogP contribution in [0.3, 0.4) is 0 Å². The number of esters is 2. The highest BCUT2D eigenvalue weighted by molar-refractivity contribution is 9.09. The Labute approximate surface area is 221 Å². The summed E-state index contributed by atoms with van der Waals surface area (Å²) in [6.07, 6.45) is 4.43. The van der Waals surface area contributed by atoms with Crippen molar-refractivity contribution >= 4 is 45.2 Å². The fourth-order valence-electron chi connectivity index (χ4n) is 8.09. The predicted octanol–water partition coefficient (Wildman–Crippen LogP) is 4.53. The molecule has 198 valence electrons. The average Bonchev–Trinajstić information content (AvgIpc) is 3.04. The number of alkyl halides is 1. The predicted molar refractivity (Wildman–Crippen MR) is 135 cm³/mol. The third kappa shape index (κ3) is 3.84. The summed E-state index contributed by atoms with van der Waals surface area (Å²) in [5.41, 5.74) is -1.84. The van der Waals surface area contributed by atoms with Crippen LogP contribution in [0, 0.1) is 34.5 Å². The number of Topliss-reactive ketones (excluding diaryl/α,β-unsaturated/α-hetero) is 2. The molecule has 36 heavy (non-hydrogen) atoms. The van der Waals surface area contributed by atoms with Crippen LogP contribution in [0.4, 0.5) is 0 Å². The monoisotopic (exact) mass is 564 g/mol. The van der Waals surface area contributed by atoms with Gasteiger partial charge in [-0.3, -0.25) is 24.0 Å². The molecular formula is C28H37BrO7. The summed E-state index contributed by atoms with van der Waals surface area (Å²) in [7, 11) is 0. The van der Waals surface area contributed by atoms with E-state index in [-0.39, 0.29) is 59.3 Å². The fraction of sp³-hybridized carbons (Fsp3) is 0.750. The van der Waals surface area contributed by atoms with Gasteiger partial charge in [-0.15, -0.1) is 0 Å². The van der Waals surface area contributed by atoms with E-state index in [1.807, 2.05) is 13.8 Å². The third-order valence-corrected chi connectivity index (χ3v) is 10.7. The average molecular weight is 566 g/mol. The molecule has 0 heterocycles. The summed E-state index contributed by atoms with van der Waals surface area (Å²) in [5.74, 6) is -2.04. The summed E-state index contributed by atoms with van der Waals surface area (Å²) in [6.45, 7) is 8.77. The number of carbonyl (C=O) groups is 5. The molecule has 0 radical (unpaired) electrons. The quantitative estimate of drug-likeness (QED) is 0.344. The molecule has 0 unspecified atom stereocenters. The number of halogens is 1. The third-order valence-electron chi connectivity index (χ3n) is 9.82. The standard InChI is InChI=1S/C28H37BrO7/c1-6-22(33)35-14-21(32)28(36-23(34)7-2)15(3)10-18-24-19(29)12-16-11-17(30)8-9-26(16,4)25(24)20(31)13-27(18,28)5/h11,15,18-19,24-25H,6-10,12-14H2,1-5H3/t15-,18+,19-,24-,25+,26+,27+,28-/m1/s1. The van der Waals surface area contributed by atoms with E-state index < -0.39 is 40.8 Å². The summed E-state index contributed by atoms with van der Waals surface area (Å²) in [6, 6.07) is 0. The minimum absolute atomic E-state index is 0.0424. The van der Waals surface area contributed by atoms with Crippen LogP contribution in [-0.4, -0.2) is 46.3 Å². The summed E-state index contributed by atoms with van der Waals surface area (Å²) >= 11 is 3.88. The number of hydrogen-bond donors (Lipinski definition) is 0. The Kier molecular flexibility index (Phi) is 7.17. The molecule has 0 amide bonds. The molecule has 4 aliphatic carbocycles. The molecule has 0 aromatic carbocycles. The van der Waals surface area contributed by atoms with Crippen molar-refractivity contribution < 1.29 is 33.4 Å². The lowest BCUT2D eigenvalue weighted by Crippen LogP contribution is -2.65. The Bertz CT molecular complexity index is 1030. The zero-order valence-corrected chi connectivity index (χ0v) is 23.4. The lowest BCUT2D eigenvalue weighted by atomic mass is 9.45. The smallest absolute Gasteiger partial charge is 0.306 e. The van der Waals surface area contributed by atoms with E-state index in [9.17, 15) is 24.0 Å². The van der Waals surface area contributed by atoms with E-state index in [2.05, 4.69) is 22.9 Å². The van der Waals surface area contributed by atoms with Crippen molar-refractivity contribution in [3.63, 3.8) is 0 Å². The number of allylic oxidation sites excluding steroid dienone is 1. The van der Waals surface area contributed by atoms with Crippen LogP contribution in [0.25, 0.3) is 0 Å². The maximum atomic E-state index is 14.1. The van der Waals surface area contributed by atoms with E-state index >= 15 is 0 Å². The molecule has 0 bridgehead atoms. The molecule has 0 aliphatic heterocycles. The molecule has 7 nitrogen and oxygen atoms in total. The molecule has 4 aliphatic rings. The lowest BCUT2D eigenvalue weighted by molar-refractivity contribution is -0.197. The zero-order chi connectivity index (χ0) is 26.6. The Morgan fingerprint density at radius 3 is 2.42 bits per heavy atom. The van der Waals surface area contributed by atoms with Crippen LogP contribution in [0.5, 0.6) is 0 Å². The maximum Gasteiger partial charge on any atom is 0.306 e. The highest BCUT2D eigenvalue weighted by Crippen LogP contribution is 2.69. The highest BCUT2D eigenvalue weighted by atomic mass is 79.9. The molecule has 0 N–H and O–H groups in total. The molecule has 8 heteroatoms. The van der Waals surface area contributed by atoms with Gasteiger partial charge in [-0.2, -0.15) is 0 Å². The minimum atomic E-state index is -1.55. The van der Waals surface area contributed by atoms with Gasteiger partial charge in [0.05, 0.1) is 0 Å². The normalized spacial score (nSPS) is 41.5. The maximum absolute atomic E-state index is 14.1. The van der Waals surface area contributed by atoms with Crippen LogP contribution in [0.2, 0.25) is 0 Å². The van der Waals surface area contributed by atoms with Crippen molar-refractivity contribution in [1.82, 2.24) is 0 Å². The van der Waals surface area contributed by atoms with Gasteiger partial charge >= 0.3 is 11.9 Å². The van der Waals surface area contributed by atoms with Crippen molar-refractivity contribution in [3.8, 4) is 0 Å². The Morgan fingerprint density at radius 1 is 1.11 bits per heavy atom. The molecule has 0 aromatic heterocycles. The van der Waals surface area contributed by atoms with Crippen molar-refractivity contribution in [2.45, 2.75) is 90.0 Å². The topological polar surface area (TPSA) is 104 Å². The van der Waals surface area contributed by atoms with Crippen LogP contribution >= 0.6 is 15.9 Å². The van der Waals surface area contributed by atoms with Gasteiger partial charge in [0.25, 0.3) is 0 Å². The highest BCUT2D eigenvalue weighted by Gasteiger charge is 2.74. The number of carbonyl (C=O) groups excluding carboxylic acids is 5. The number of fused-ring (bicyclic) bond motifs is 5. The van der Waals surface area contributed by atoms with Gasteiger partial charge in [0.15, 0.2) is 18.0 Å². The molecule has 0 saturated heterocycles. The number of hydrogen-bond acceptors (Lipinski definition) is 7. The van der Waals surface area contributed by atoms with E-state index in [1.54, 1.807) is 19.9 Å². The Hall–Kier alpha value is -1.83. The van der Waals surface area contributed by atoms with Crippen molar-refractivity contribution in [3.05, 3.63) is 11.6 Å². The Morgan fingerprint density at radius 2 is 1.78 bits per heavy atom. The molecule has 3 saturated carbocycles. The lowest BCUT2D eigenvalue weighted by Gasteiger charge is -2.59. The number of ketones is 3. The first-order valence-corrected chi connectivity index (χ1v) is 14.1. The molecule has 8 atom stereocenters. The van der Waals surface area contributed by atoms with Gasteiger partial charge in [-0.25, -0.2) is 0 Å². The van der Waals surface area contributed by atoms with Gasteiger partial charge in [-0.05, 0) is 42.6 Å². The van der Waals surface area contributed by atoms with Crippen molar-refractivity contribution in [2.24, 2.45) is 34.5 Å². The van der Waals surface area contributed by atoms with Crippen LogP contribution < -0.4 is 0 Å². The molecule has 4 rings (SSSR count). The molecule has 3 fully saturated rings. The first kappa shape index (κ1) is 27.2. The van der Waals surface area contributed by atoms with Gasteiger partial charge in [0, 0.05) is 47.8 Å². The summed E-state index contributed by atoms with van der Waals surface area (Å²) in [4.78, 5) is 64.7. The Balaban J connectivity index is 1.79. The molecule has 0 aromatic rings. The van der Waals surface area contributed by atoms with E-state index in [4.69, 9.17) is 9.47 Å². The van der Waals surface area contributed by atoms with E-state index in [0.29, 0.717) is 25.7 Å². The van der Waals surface area contributed by atoms with Gasteiger partial charge in [0.1, 0.15) is 5.78 Å². The largest absolute Gasteiger partial charge is 0.457 e. The first-order valence-electron chi connectivity index (χ1n) is 13.2. The first-order chi connectivity index (χ1) is 16.9. The fourth-order valence-corrected chi connectivity index (χ4v) is 9.11. The van der Waals surface area contributed by atoms with E-state index in [0.717, 1.165) is 5.57 Å². The SMILES string of the molecule is CCC(=O)OCC(=O)[C@]1(OC(=O)CC)[C@H](C)C[C@H]2[C@@H]3[C@H](Br)CC4=CC(=O)CC[C@]4(C)[C@H]3C(=O)C[C@@]21C. The second kappa shape index (κ2) is 9.48. The second-order valence-electron chi connectivity index (χ2n) is 11.6. The number of ether oxygens (including phenoxy) is 2. The van der Waals surface area contributed by atoms with Crippen molar-refractivity contribution in [2.75, 3.05) is 6.61 Å².